The Morgan fingerprint density at radius 1 is 1.09 bits per heavy atom. The third-order valence-corrected chi connectivity index (χ3v) is 4.67. The molecule has 0 spiro atoms. The molecule has 9 heteroatoms. The molecular formula is C24H21N3O6. The van der Waals surface area contributed by atoms with Gasteiger partial charge in [-0.15, -0.1) is 0 Å². The Kier molecular flexibility index (Phi) is 6.88. The second-order valence-corrected chi connectivity index (χ2v) is 7.42. The molecule has 2 aromatic rings. The number of imide groups is 1. The van der Waals surface area contributed by atoms with Gasteiger partial charge in [0, 0.05) is 6.04 Å². The molecule has 0 unspecified atom stereocenters. The number of carbonyl (C=O) groups excluding carboxylic acids is 4. The van der Waals surface area contributed by atoms with Crippen molar-refractivity contribution in [2.45, 2.75) is 19.9 Å². The first-order valence-electron chi connectivity index (χ1n) is 10.0. The zero-order valence-corrected chi connectivity index (χ0v) is 18.2. The molecule has 1 N–H and O–H groups in total. The Bertz CT molecular complexity index is 1170. The zero-order valence-electron chi connectivity index (χ0n) is 18.2. The highest BCUT2D eigenvalue weighted by atomic mass is 16.6. The quantitative estimate of drug-likeness (QED) is 0.227. The highest BCUT2D eigenvalue weighted by Crippen LogP contribution is 2.30. The van der Waals surface area contributed by atoms with E-state index >= 15 is 0 Å². The summed E-state index contributed by atoms with van der Waals surface area (Å²) in [4.78, 5) is 50.2. The summed E-state index contributed by atoms with van der Waals surface area (Å²) in [5, 5.41) is 11.9. The van der Waals surface area contributed by atoms with E-state index in [1.807, 2.05) is 6.07 Å². The summed E-state index contributed by atoms with van der Waals surface area (Å²) in [5.74, 6) is -2.25. The van der Waals surface area contributed by atoms with Gasteiger partial charge in [0.15, 0.2) is 11.5 Å². The summed E-state index contributed by atoms with van der Waals surface area (Å²) in [6.07, 6.45) is 1.38. The van der Waals surface area contributed by atoms with Gasteiger partial charge in [0.1, 0.15) is 18.2 Å². The number of hydrogen-bond acceptors (Lipinski definition) is 7. The first-order chi connectivity index (χ1) is 15.7. The number of fused-ring (bicyclic) bond motifs is 1. The molecule has 2 aromatic carbocycles. The Morgan fingerprint density at radius 3 is 2.27 bits per heavy atom. The van der Waals surface area contributed by atoms with Gasteiger partial charge < -0.3 is 14.8 Å². The minimum Gasteiger partial charge on any atom is -0.493 e. The third kappa shape index (κ3) is 5.07. The number of ether oxygens (including phenoxy) is 2. The summed E-state index contributed by atoms with van der Waals surface area (Å²) >= 11 is 0. The number of methoxy groups -OCH3 is 1. The van der Waals surface area contributed by atoms with Gasteiger partial charge in [-0.2, -0.15) is 5.26 Å². The molecule has 33 heavy (non-hydrogen) atoms. The molecule has 0 saturated heterocycles. The number of nitrogens with one attached hydrogen (secondary N) is 1. The van der Waals surface area contributed by atoms with Crippen LogP contribution in [0.2, 0.25) is 0 Å². The van der Waals surface area contributed by atoms with Gasteiger partial charge in [0.25, 0.3) is 17.7 Å². The lowest BCUT2D eigenvalue weighted by Gasteiger charge is -2.14. The Hall–Kier alpha value is -4.45. The predicted octanol–water partition coefficient (Wildman–Crippen LogP) is 2.33. The second kappa shape index (κ2) is 9.78. The Balaban J connectivity index is 1.74. The molecule has 0 atom stereocenters. The van der Waals surface area contributed by atoms with Crippen LogP contribution in [-0.2, 0) is 9.59 Å². The van der Waals surface area contributed by atoms with E-state index in [4.69, 9.17) is 9.47 Å². The fraction of sp³-hybridized carbons (Fsp3) is 0.208. The molecule has 1 aliphatic rings. The number of nitriles is 1. The molecule has 0 aromatic heterocycles. The van der Waals surface area contributed by atoms with E-state index in [-0.39, 0.29) is 34.2 Å². The van der Waals surface area contributed by atoms with E-state index in [0.29, 0.717) is 5.56 Å². The van der Waals surface area contributed by atoms with Gasteiger partial charge in [-0.1, -0.05) is 18.2 Å². The van der Waals surface area contributed by atoms with Crippen LogP contribution >= 0.6 is 0 Å². The molecular weight excluding hydrogens is 426 g/mol. The molecule has 168 valence electrons. The van der Waals surface area contributed by atoms with Crippen molar-refractivity contribution >= 4 is 29.8 Å². The molecule has 9 nitrogen and oxygen atoms in total. The number of hydrogen-bond donors (Lipinski definition) is 1. The minimum absolute atomic E-state index is 0.0569. The van der Waals surface area contributed by atoms with Crippen molar-refractivity contribution < 1.29 is 28.7 Å². The van der Waals surface area contributed by atoms with Crippen molar-refractivity contribution in [3.8, 4) is 17.6 Å². The van der Waals surface area contributed by atoms with E-state index in [1.54, 1.807) is 26.0 Å². The summed E-state index contributed by atoms with van der Waals surface area (Å²) < 4.78 is 10.6. The largest absolute Gasteiger partial charge is 0.493 e. The molecule has 0 radical (unpaired) electrons. The first-order valence-corrected chi connectivity index (χ1v) is 10.0. The third-order valence-electron chi connectivity index (χ3n) is 4.67. The van der Waals surface area contributed by atoms with E-state index in [1.165, 1.54) is 43.5 Å². The summed E-state index contributed by atoms with van der Waals surface area (Å²) in [6, 6.07) is 12.5. The Labute approximate surface area is 190 Å². The molecule has 0 aliphatic carbocycles. The van der Waals surface area contributed by atoms with Crippen LogP contribution in [0.15, 0.2) is 48.0 Å². The van der Waals surface area contributed by atoms with Gasteiger partial charge in [0.2, 0.25) is 0 Å². The van der Waals surface area contributed by atoms with Gasteiger partial charge >= 0.3 is 5.97 Å². The summed E-state index contributed by atoms with van der Waals surface area (Å²) in [5.41, 5.74) is 0.848. The normalized spacial score (nSPS) is 12.9. The summed E-state index contributed by atoms with van der Waals surface area (Å²) in [7, 11) is 1.36. The lowest BCUT2D eigenvalue weighted by atomic mass is 10.1. The fourth-order valence-electron chi connectivity index (χ4n) is 3.18. The standard InChI is InChI=1S/C24H21N3O6/c1-14(2)26-22(29)16(12-25)10-15-8-9-19(20(11-15)32-3)33-21(28)13-27-23(30)17-6-4-5-7-18(17)24(27)31/h4-11,14H,13H2,1-3H3,(H,26,29)/b16-10+. The number of nitrogens with zero attached hydrogens (tertiary/aromatic N) is 2. The van der Waals surface area contributed by atoms with Crippen molar-refractivity contribution in [3.05, 3.63) is 64.7 Å². The van der Waals surface area contributed by atoms with E-state index in [9.17, 15) is 24.4 Å². The molecule has 0 fully saturated rings. The first kappa shape index (κ1) is 23.2. The van der Waals surface area contributed by atoms with Crippen molar-refractivity contribution in [1.29, 1.82) is 5.26 Å². The average molecular weight is 447 g/mol. The molecule has 3 rings (SSSR count). The number of rotatable bonds is 7. The van der Waals surface area contributed by atoms with Gasteiger partial charge in [-0.25, -0.2) is 4.79 Å². The van der Waals surface area contributed by atoms with Crippen LogP contribution in [0.4, 0.5) is 0 Å². The number of amides is 3. The zero-order chi connectivity index (χ0) is 24.1. The van der Waals surface area contributed by atoms with Crippen LogP contribution in [0.1, 0.15) is 40.1 Å². The number of esters is 1. The lowest BCUT2D eigenvalue weighted by molar-refractivity contribution is -0.134. The Morgan fingerprint density at radius 2 is 1.73 bits per heavy atom. The smallest absolute Gasteiger partial charge is 0.331 e. The maximum atomic E-state index is 12.4. The average Bonchev–Trinajstić information content (AvgIpc) is 3.02. The fourth-order valence-corrected chi connectivity index (χ4v) is 3.18. The highest BCUT2D eigenvalue weighted by molar-refractivity contribution is 6.22. The molecule has 0 bridgehead atoms. The van der Waals surface area contributed by atoms with E-state index in [0.717, 1.165) is 4.90 Å². The van der Waals surface area contributed by atoms with Crippen LogP contribution in [0.5, 0.6) is 11.5 Å². The maximum absolute atomic E-state index is 12.4. The molecule has 1 aliphatic heterocycles. The van der Waals surface area contributed by atoms with E-state index < -0.39 is 30.2 Å². The topological polar surface area (TPSA) is 126 Å². The van der Waals surface area contributed by atoms with Crippen molar-refractivity contribution in [1.82, 2.24) is 10.2 Å². The van der Waals surface area contributed by atoms with Gasteiger partial charge in [0.05, 0.1) is 18.2 Å². The van der Waals surface area contributed by atoms with Crippen LogP contribution < -0.4 is 14.8 Å². The SMILES string of the molecule is COc1cc(/C=C(\C#N)C(=O)NC(C)C)ccc1OC(=O)CN1C(=O)c2ccccc2C1=O. The maximum Gasteiger partial charge on any atom is 0.331 e. The van der Waals surface area contributed by atoms with Crippen LogP contribution in [0.25, 0.3) is 6.08 Å². The predicted molar refractivity (Wildman–Crippen MR) is 117 cm³/mol. The molecule has 3 amide bonds. The second-order valence-electron chi connectivity index (χ2n) is 7.42. The van der Waals surface area contributed by atoms with Gasteiger partial charge in [-0.05, 0) is 49.8 Å². The monoisotopic (exact) mass is 447 g/mol. The lowest BCUT2D eigenvalue weighted by Crippen LogP contribution is -2.36. The van der Waals surface area contributed by atoms with Gasteiger partial charge in [-0.3, -0.25) is 19.3 Å². The minimum atomic E-state index is -0.833. The number of benzene rings is 2. The summed E-state index contributed by atoms with van der Waals surface area (Å²) in [6.45, 7) is 2.99. The highest BCUT2D eigenvalue weighted by Gasteiger charge is 2.36. The molecule has 0 saturated carbocycles. The van der Waals surface area contributed by atoms with E-state index in [2.05, 4.69) is 5.32 Å². The van der Waals surface area contributed by atoms with Crippen LogP contribution in [0, 0.1) is 11.3 Å². The van der Waals surface area contributed by atoms with Crippen molar-refractivity contribution in [2.24, 2.45) is 0 Å². The van der Waals surface area contributed by atoms with Crippen molar-refractivity contribution in [3.63, 3.8) is 0 Å². The van der Waals surface area contributed by atoms with Crippen LogP contribution in [0.3, 0.4) is 0 Å². The molecule has 1 heterocycles. The van der Waals surface area contributed by atoms with Crippen LogP contribution in [-0.4, -0.2) is 48.3 Å². The number of carbonyl (C=O) groups is 4. The van der Waals surface area contributed by atoms with Crippen molar-refractivity contribution in [2.75, 3.05) is 13.7 Å².